The van der Waals surface area contributed by atoms with Gasteiger partial charge < -0.3 is 26.2 Å². The van der Waals surface area contributed by atoms with E-state index < -0.39 is 0 Å². The molecule has 23 heavy (non-hydrogen) atoms. The molecule has 2 rings (SSSR count). The van der Waals surface area contributed by atoms with Crippen molar-refractivity contribution in [2.24, 2.45) is 0 Å². The molecule has 0 saturated carbocycles. The first-order valence-corrected chi connectivity index (χ1v) is 7.32. The second kappa shape index (κ2) is 7.51. The fraction of sp³-hybridized carbons (Fsp3) is 0.235. The first-order chi connectivity index (χ1) is 11.0. The number of carbonyl (C=O) groups is 1. The molecule has 0 atom stereocenters. The van der Waals surface area contributed by atoms with Crippen LogP contribution in [0, 0.1) is 0 Å². The molecule has 0 aliphatic rings. The zero-order valence-electron chi connectivity index (χ0n) is 13.2. The lowest BCUT2D eigenvalue weighted by Crippen LogP contribution is -2.34. The molecule has 0 spiro atoms. The number of aliphatic hydroxyl groups is 1. The molecule has 0 heterocycles. The fourth-order valence-electron chi connectivity index (χ4n) is 1.97. The van der Waals surface area contributed by atoms with Gasteiger partial charge in [0.1, 0.15) is 11.5 Å². The van der Waals surface area contributed by atoms with Crippen molar-refractivity contribution in [2.45, 2.75) is 26.5 Å². The lowest BCUT2D eigenvalue weighted by molar-refractivity contribution is 0.250. The van der Waals surface area contributed by atoms with Crippen LogP contribution in [0.2, 0.25) is 0 Å². The van der Waals surface area contributed by atoms with Crippen molar-refractivity contribution in [1.29, 1.82) is 0 Å². The van der Waals surface area contributed by atoms with Gasteiger partial charge in [0.15, 0.2) is 0 Å². The predicted octanol–water partition coefficient (Wildman–Crippen LogP) is 3.08. The van der Waals surface area contributed by atoms with Gasteiger partial charge in [-0.15, -0.1) is 0 Å². The average Bonchev–Trinajstić information content (AvgIpc) is 2.50. The summed E-state index contributed by atoms with van der Waals surface area (Å²) in [6.45, 7) is 3.55. The topological polar surface area (TPSA) is 96.6 Å². The lowest BCUT2D eigenvalue weighted by Gasteiger charge is -2.14. The molecule has 0 saturated heterocycles. The zero-order valence-corrected chi connectivity index (χ0v) is 13.2. The maximum absolute atomic E-state index is 11.7. The van der Waals surface area contributed by atoms with Crippen LogP contribution in [-0.2, 0) is 6.61 Å². The molecule has 6 nitrogen and oxygen atoms in total. The number of aliphatic hydroxyl groups excluding tert-OH is 1. The normalized spacial score (nSPS) is 10.4. The number of amides is 2. The van der Waals surface area contributed by atoms with Gasteiger partial charge in [0.05, 0.1) is 6.61 Å². The Hall–Kier alpha value is -2.73. The van der Waals surface area contributed by atoms with Crippen molar-refractivity contribution in [2.75, 3.05) is 11.1 Å². The molecular formula is C17H21N3O3. The molecule has 2 amide bonds. The summed E-state index contributed by atoms with van der Waals surface area (Å²) >= 11 is 0. The van der Waals surface area contributed by atoms with Gasteiger partial charge in [-0.05, 0) is 56.3 Å². The van der Waals surface area contributed by atoms with E-state index in [0.29, 0.717) is 28.4 Å². The molecule has 122 valence electrons. The summed E-state index contributed by atoms with van der Waals surface area (Å²) in [4.78, 5) is 11.7. The van der Waals surface area contributed by atoms with Crippen LogP contribution < -0.4 is 21.1 Å². The van der Waals surface area contributed by atoms with Crippen molar-refractivity contribution in [3.8, 4) is 11.5 Å². The molecule has 2 aromatic rings. The maximum atomic E-state index is 11.7. The number of ether oxygens (including phenoxy) is 1. The van der Waals surface area contributed by atoms with Gasteiger partial charge in [0.2, 0.25) is 0 Å². The Bertz CT molecular complexity index is 669. The van der Waals surface area contributed by atoms with E-state index in [1.807, 2.05) is 13.8 Å². The SMILES string of the molecule is CC(C)NC(=O)Nc1ccc(Oc2ccc(N)cc2)c(CO)c1. The summed E-state index contributed by atoms with van der Waals surface area (Å²) in [5.74, 6) is 1.14. The minimum atomic E-state index is -0.295. The van der Waals surface area contributed by atoms with E-state index in [0.717, 1.165) is 0 Å². The summed E-state index contributed by atoms with van der Waals surface area (Å²) in [5, 5.41) is 15.0. The smallest absolute Gasteiger partial charge is 0.319 e. The van der Waals surface area contributed by atoms with Gasteiger partial charge in [-0.25, -0.2) is 4.79 Å². The molecule has 2 aromatic carbocycles. The molecule has 0 unspecified atom stereocenters. The monoisotopic (exact) mass is 315 g/mol. The van der Waals surface area contributed by atoms with Gasteiger partial charge in [0, 0.05) is 23.0 Å². The van der Waals surface area contributed by atoms with Crippen LogP contribution in [0.25, 0.3) is 0 Å². The number of nitrogens with two attached hydrogens (primary N) is 1. The first-order valence-electron chi connectivity index (χ1n) is 7.32. The number of nitrogens with one attached hydrogen (secondary N) is 2. The molecule has 6 heteroatoms. The van der Waals surface area contributed by atoms with Crippen LogP contribution >= 0.6 is 0 Å². The second-order valence-electron chi connectivity index (χ2n) is 5.40. The van der Waals surface area contributed by atoms with Gasteiger partial charge in [-0.3, -0.25) is 0 Å². The van der Waals surface area contributed by atoms with Crippen molar-refractivity contribution >= 4 is 17.4 Å². The predicted molar refractivity (Wildman–Crippen MR) is 90.6 cm³/mol. The molecule has 0 aliphatic heterocycles. The Labute approximate surface area is 135 Å². The Balaban J connectivity index is 2.12. The van der Waals surface area contributed by atoms with Gasteiger partial charge in [-0.1, -0.05) is 0 Å². The van der Waals surface area contributed by atoms with E-state index >= 15 is 0 Å². The number of anilines is 2. The Kier molecular flexibility index (Phi) is 5.43. The molecule has 0 aliphatic carbocycles. The highest BCUT2D eigenvalue weighted by Crippen LogP contribution is 2.28. The fourth-order valence-corrected chi connectivity index (χ4v) is 1.97. The molecule has 0 fully saturated rings. The van der Waals surface area contributed by atoms with E-state index in [1.54, 1.807) is 42.5 Å². The third kappa shape index (κ3) is 4.89. The second-order valence-corrected chi connectivity index (χ2v) is 5.40. The van der Waals surface area contributed by atoms with E-state index in [1.165, 1.54) is 0 Å². The number of hydrogen-bond donors (Lipinski definition) is 4. The summed E-state index contributed by atoms with van der Waals surface area (Å²) in [6, 6.07) is 11.8. The number of rotatable bonds is 5. The highest BCUT2D eigenvalue weighted by atomic mass is 16.5. The van der Waals surface area contributed by atoms with Crippen molar-refractivity contribution in [3.05, 3.63) is 48.0 Å². The van der Waals surface area contributed by atoms with E-state index in [4.69, 9.17) is 10.5 Å². The Morgan fingerprint density at radius 2 is 1.91 bits per heavy atom. The van der Waals surface area contributed by atoms with Gasteiger partial charge in [0.25, 0.3) is 0 Å². The quantitative estimate of drug-likeness (QED) is 0.637. The Morgan fingerprint density at radius 3 is 2.52 bits per heavy atom. The summed E-state index contributed by atoms with van der Waals surface area (Å²) in [6.07, 6.45) is 0. The highest BCUT2D eigenvalue weighted by Gasteiger charge is 2.09. The van der Waals surface area contributed by atoms with Crippen molar-refractivity contribution < 1.29 is 14.6 Å². The largest absolute Gasteiger partial charge is 0.457 e. The van der Waals surface area contributed by atoms with Crippen LogP contribution in [0.15, 0.2) is 42.5 Å². The number of carbonyl (C=O) groups excluding carboxylic acids is 1. The number of nitrogen functional groups attached to an aromatic ring is 1. The highest BCUT2D eigenvalue weighted by molar-refractivity contribution is 5.89. The van der Waals surface area contributed by atoms with E-state index in [-0.39, 0.29) is 18.7 Å². The minimum absolute atomic E-state index is 0.0421. The zero-order chi connectivity index (χ0) is 16.8. The van der Waals surface area contributed by atoms with Crippen LogP contribution in [0.1, 0.15) is 19.4 Å². The van der Waals surface area contributed by atoms with Gasteiger partial charge in [-0.2, -0.15) is 0 Å². The average molecular weight is 315 g/mol. The molecular weight excluding hydrogens is 294 g/mol. The third-order valence-electron chi connectivity index (χ3n) is 3.02. The molecule has 0 aromatic heterocycles. The molecule has 0 radical (unpaired) electrons. The summed E-state index contributed by atoms with van der Waals surface area (Å²) in [5.41, 5.74) is 7.44. The first kappa shape index (κ1) is 16.6. The van der Waals surface area contributed by atoms with Crippen molar-refractivity contribution in [1.82, 2.24) is 5.32 Å². The Morgan fingerprint density at radius 1 is 1.22 bits per heavy atom. The number of urea groups is 1. The van der Waals surface area contributed by atoms with Crippen LogP contribution in [-0.4, -0.2) is 17.2 Å². The summed E-state index contributed by atoms with van der Waals surface area (Å²) < 4.78 is 5.74. The standard InChI is InChI=1S/C17H21N3O3/c1-11(2)19-17(22)20-14-5-8-16(12(9-14)10-21)23-15-6-3-13(18)4-7-15/h3-9,11,21H,10,18H2,1-2H3,(H2,19,20,22). The van der Waals surface area contributed by atoms with Gasteiger partial charge >= 0.3 is 6.03 Å². The molecule has 5 N–H and O–H groups in total. The van der Waals surface area contributed by atoms with Crippen LogP contribution in [0.3, 0.4) is 0 Å². The van der Waals surface area contributed by atoms with Crippen LogP contribution in [0.4, 0.5) is 16.2 Å². The molecule has 0 bridgehead atoms. The lowest BCUT2D eigenvalue weighted by atomic mass is 10.2. The van der Waals surface area contributed by atoms with Crippen molar-refractivity contribution in [3.63, 3.8) is 0 Å². The number of benzene rings is 2. The summed E-state index contributed by atoms with van der Waals surface area (Å²) in [7, 11) is 0. The van der Waals surface area contributed by atoms with E-state index in [9.17, 15) is 9.90 Å². The van der Waals surface area contributed by atoms with Crippen LogP contribution in [0.5, 0.6) is 11.5 Å². The third-order valence-corrected chi connectivity index (χ3v) is 3.02. The van der Waals surface area contributed by atoms with E-state index in [2.05, 4.69) is 10.6 Å². The minimum Gasteiger partial charge on any atom is -0.457 e. The maximum Gasteiger partial charge on any atom is 0.319 e. The number of hydrogen-bond acceptors (Lipinski definition) is 4.